The van der Waals surface area contributed by atoms with Gasteiger partial charge in [-0.1, -0.05) is 26.7 Å². The van der Waals surface area contributed by atoms with E-state index in [4.69, 9.17) is 5.73 Å². The van der Waals surface area contributed by atoms with Crippen molar-refractivity contribution in [1.29, 1.82) is 0 Å². The molecule has 4 heteroatoms. The number of halogens is 1. The number of carbonyl (C=O) groups excluding carboxylic acids is 1. The Morgan fingerprint density at radius 2 is 2.17 bits per heavy atom. The van der Waals surface area contributed by atoms with Gasteiger partial charge in [-0.05, 0) is 31.0 Å². The lowest BCUT2D eigenvalue weighted by molar-refractivity contribution is -0.120. The van der Waals surface area contributed by atoms with Crippen LogP contribution in [0.4, 0.5) is 15.8 Å². The summed E-state index contributed by atoms with van der Waals surface area (Å²) in [5, 5.41) is 2.63. The van der Waals surface area contributed by atoms with Crippen LogP contribution in [0.15, 0.2) is 18.2 Å². The number of hydrogen-bond donors (Lipinski definition) is 2. The lowest BCUT2D eigenvalue weighted by atomic mass is 9.98. The summed E-state index contributed by atoms with van der Waals surface area (Å²) in [7, 11) is 0. The molecule has 18 heavy (non-hydrogen) atoms. The third-order valence-corrected chi connectivity index (χ3v) is 3.02. The fourth-order valence-corrected chi connectivity index (χ4v) is 1.84. The average Bonchev–Trinajstić information content (AvgIpc) is 2.34. The molecule has 1 aromatic carbocycles. The SMILES string of the molecule is CCCCC(CC)C(=O)Nc1ccc(N)cc1F. The van der Waals surface area contributed by atoms with Crippen LogP contribution in [-0.4, -0.2) is 5.91 Å². The summed E-state index contributed by atoms with van der Waals surface area (Å²) in [6.07, 6.45) is 3.67. The van der Waals surface area contributed by atoms with Gasteiger partial charge in [0, 0.05) is 11.6 Å². The largest absolute Gasteiger partial charge is 0.399 e. The highest BCUT2D eigenvalue weighted by atomic mass is 19.1. The minimum atomic E-state index is -0.492. The summed E-state index contributed by atoms with van der Waals surface area (Å²) >= 11 is 0. The van der Waals surface area contributed by atoms with Crippen LogP contribution in [0.5, 0.6) is 0 Å². The fraction of sp³-hybridized carbons (Fsp3) is 0.500. The van der Waals surface area contributed by atoms with Crippen molar-refractivity contribution in [3.8, 4) is 0 Å². The molecule has 0 aliphatic carbocycles. The van der Waals surface area contributed by atoms with Crippen LogP contribution in [0.1, 0.15) is 39.5 Å². The van der Waals surface area contributed by atoms with Gasteiger partial charge in [-0.25, -0.2) is 4.39 Å². The van der Waals surface area contributed by atoms with E-state index in [1.807, 2.05) is 6.92 Å². The molecule has 0 radical (unpaired) electrons. The number of hydrogen-bond acceptors (Lipinski definition) is 2. The smallest absolute Gasteiger partial charge is 0.227 e. The molecule has 1 unspecified atom stereocenters. The Balaban J connectivity index is 2.67. The van der Waals surface area contributed by atoms with Crippen molar-refractivity contribution in [2.24, 2.45) is 5.92 Å². The molecule has 0 aliphatic rings. The van der Waals surface area contributed by atoms with Gasteiger partial charge in [0.15, 0.2) is 0 Å². The van der Waals surface area contributed by atoms with E-state index in [2.05, 4.69) is 12.2 Å². The molecule has 0 fully saturated rings. The van der Waals surface area contributed by atoms with E-state index in [1.165, 1.54) is 12.1 Å². The zero-order valence-electron chi connectivity index (χ0n) is 11.0. The van der Waals surface area contributed by atoms with Crippen molar-refractivity contribution < 1.29 is 9.18 Å². The van der Waals surface area contributed by atoms with E-state index in [1.54, 1.807) is 6.07 Å². The molecular formula is C14H21FN2O. The molecule has 0 bridgehead atoms. The number of carbonyl (C=O) groups is 1. The normalized spacial score (nSPS) is 12.2. The molecule has 0 aromatic heterocycles. The summed E-state index contributed by atoms with van der Waals surface area (Å²) in [6.45, 7) is 4.06. The van der Waals surface area contributed by atoms with E-state index >= 15 is 0 Å². The monoisotopic (exact) mass is 252 g/mol. The molecule has 3 N–H and O–H groups in total. The number of nitrogens with one attached hydrogen (secondary N) is 1. The van der Waals surface area contributed by atoms with Gasteiger partial charge in [-0.2, -0.15) is 0 Å². The number of unbranched alkanes of at least 4 members (excludes halogenated alkanes) is 1. The number of nitrogens with two attached hydrogens (primary N) is 1. The van der Waals surface area contributed by atoms with Gasteiger partial charge in [0.2, 0.25) is 5.91 Å². The van der Waals surface area contributed by atoms with Crippen LogP contribution in [0.2, 0.25) is 0 Å². The quantitative estimate of drug-likeness (QED) is 0.760. The second kappa shape index (κ2) is 6.99. The Morgan fingerprint density at radius 3 is 2.72 bits per heavy atom. The summed E-state index contributed by atoms with van der Waals surface area (Å²) in [6, 6.07) is 4.28. The molecule has 1 rings (SSSR count). The predicted molar refractivity (Wildman–Crippen MR) is 72.7 cm³/mol. The fourth-order valence-electron chi connectivity index (χ4n) is 1.84. The van der Waals surface area contributed by atoms with Gasteiger partial charge in [-0.3, -0.25) is 4.79 Å². The van der Waals surface area contributed by atoms with E-state index in [-0.39, 0.29) is 17.5 Å². The molecule has 100 valence electrons. The van der Waals surface area contributed by atoms with E-state index < -0.39 is 5.82 Å². The van der Waals surface area contributed by atoms with E-state index in [0.29, 0.717) is 5.69 Å². The molecular weight excluding hydrogens is 231 g/mol. The molecule has 0 saturated carbocycles. The Kier molecular flexibility index (Phi) is 5.62. The summed E-state index contributed by atoms with van der Waals surface area (Å²) in [5.74, 6) is -0.662. The van der Waals surface area contributed by atoms with Crippen molar-refractivity contribution in [2.45, 2.75) is 39.5 Å². The third-order valence-electron chi connectivity index (χ3n) is 3.02. The third kappa shape index (κ3) is 4.02. The lowest BCUT2D eigenvalue weighted by Gasteiger charge is -2.15. The van der Waals surface area contributed by atoms with Crippen LogP contribution >= 0.6 is 0 Å². The van der Waals surface area contributed by atoms with Crippen molar-refractivity contribution in [3.63, 3.8) is 0 Å². The average molecular weight is 252 g/mol. The van der Waals surface area contributed by atoms with Crippen LogP contribution in [-0.2, 0) is 4.79 Å². The van der Waals surface area contributed by atoms with Crippen LogP contribution < -0.4 is 11.1 Å². The molecule has 1 atom stereocenters. The van der Waals surface area contributed by atoms with Gasteiger partial charge >= 0.3 is 0 Å². The van der Waals surface area contributed by atoms with Crippen molar-refractivity contribution in [2.75, 3.05) is 11.1 Å². The molecule has 0 saturated heterocycles. The summed E-state index contributed by atoms with van der Waals surface area (Å²) < 4.78 is 13.5. The Hall–Kier alpha value is -1.58. The lowest BCUT2D eigenvalue weighted by Crippen LogP contribution is -2.22. The highest BCUT2D eigenvalue weighted by molar-refractivity contribution is 5.92. The number of rotatable bonds is 6. The Morgan fingerprint density at radius 1 is 1.44 bits per heavy atom. The van der Waals surface area contributed by atoms with Crippen LogP contribution in [0.25, 0.3) is 0 Å². The van der Waals surface area contributed by atoms with Gasteiger partial charge in [0.1, 0.15) is 5.82 Å². The molecule has 0 heterocycles. The first kappa shape index (κ1) is 14.5. The van der Waals surface area contributed by atoms with Gasteiger partial charge in [-0.15, -0.1) is 0 Å². The number of anilines is 2. The Bertz CT molecular complexity index is 407. The van der Waals surface area contributed by atoms with Crippen molar-refractivity contribution in [3.05, 3.63) is 24.0 Å². The number of amides is 1. The zero-order chi connectivity index (χ0) is 13.5. The zero-order valence-corrected chi connectivity index (χ0v) is 11.0. The molecule has 3 nitrogen and oxygen atoms in total. The summed E-state index contributed by atoms with van der Waals surface area (Å²) in [5.41, 5.74) is 6.01. The summed E-state index contributed by atoms with van der Waals surface area (Å²) in [4.78, 5) is 12.0. The number of nitrogen functional groups attached to an aromatic ring is 1. The predicted octanol–water partition coefficient (Wildman–Crippen LogP) is 3.56. The maximum atomic E-state index is 13.5. The first-order chi connectivity index (χ1) is 8.58. The van der Waals surface area contributed by atoms with E-state index in [0.717, 1.165) is 25.7 Å². The standard InChI is InChI=1S/C14H21FN2O/c1-3-5-6-10(4-2)14(18)17-13-8-7-11(16)9-12(13)15/h7-10H,3-6,16H2,1-2H3,(H,17,18). The molecule has 0 aliphatic heterocycles. The van der Waals surface area contributed by atoms with E-state index in [9.17, 15) is 9.18 Å². The van der Waals surface area contributed by atoms with Crippen LogP contribution in [0, 0.1) is 11.7 Å². The minimum absolute atomic E-state index is 0.0538. The Labute approximate surface area is 108 Å². The molecule has 1 aromatic rings. The van der Waals surface area contributed by atoms with Gasteiger partial charge in [0.05, 0.1) is 5.69 Å². The second-order valence-corrected chi connectivity index (χ2v) is 4.48. The molecule has 1 amide bonds. The van der Waals surface area contributed by atoms with Crippen molar-refractivity contribution >= 4 is 17.3 Å². The topological polar surface area (TPSA) is 55.1 Å². The first-order valence-corrected chi connectivity index (χ1v) is 6.44. The maximum absolute atomic E-state index is 13.5. The molecule has 0 spiro atoms. The number of benzene rings is 1. The van der Waals surface area contributed by atoms with Crippen molar-refractivity contribution in [1.82, 2.24) is 0 Å². The second-order valence-electron chi connectivity index (χ2n) is 4.48. The highest BCUT2D eigenvalue weighted by Gasteiger charge is 2.17. The maximum Gasteiger partial charge on any atom is 0.227 e. The van der Waals surface area contributed by atoms with Crippen LogP contribution in [0.3, 0.4) is 0 Å². The first-order valence-electron chi connectivity index (χ1n) is 6.44. The van der Waals surface area contributed by atoms with Gasteiger partial charge < -0.3 is 11.1 Å². The highest BCUT2D eigenvalue weighted by Crippen LogP contribution is 2.20. The van der Waals surface area contributed by atoms with Gasteiger partial charge in [0.25, 0.3) is 0 Å². The minimum Gasteiger partial charge on any atom is -0.399 e.